The van der Waals surface area contributed by atoms with E-state index in [1.165, 1.54) is 238 Å². The molecule has 0 aliphatic rings. The fourth-order valence-electron chi connectivity index (χ4n) is 8.98. The highest BCUT2D eigenvalue weighted by Gasteiger charge is 2.20. The van der Waals surface area contributed by atoms with Crippen LogP contribution in [-0.4, -0.2) is 47.4 Å². The maximum atomic E-state index is 12.4. The van der Waals surface area contributed by atoms with E-state index < -0.39 is 12.1 Å². The number of amides is 1. The summed E-state index contributed by atoms with van der Waals surface area (Å²) in [5, 5.41) is 23.2. The standard InChI is InChI=1S/C59H113NO5/c1-3-5-7-9-11-13-15-17-25-29-33-37-41-45-49-53-59(64)65-54-50-46-42-38-34-30-27-24-22-20-18-19-21-23-26-28-32-36-40-44-48-52-58(63)60-56(55-61)57(62)51-47-43-39-35-31-16-14-12-10-8-6-4-2/h17,19,21,25,56-57,61-62H,3-16,18,20,22-24,26-55H2,1-2H3,(H,60,63)/b21-19-,25-17-. The van der Waals surface area contributed by atoms with Gasteiger partial charge in [0.1, 0.15) is 0 Å². The van der Waals surface area contributed by atoms with Crippen LogP contribution in [0.2, 0.25) is 0 Å². The highest BCUT2D eigenvalue weighted by atomic mass is 16.5. The molecule has 6 heteroatoms. The number of ether oxygens (including phenoxy) is 1. The van der Waals surface area contributed by atoms with Gasteiger partial charge in [-0.15, -0.1) is 0 Å². The molecule has 0 bridgehead atoms. The van der Waals surface area contributed by atoms with E-state index in [-0.39, 0.29) is 18.5 Å². The van der Waals surface area contributed by atoms with Gasteiger partial charge in [-0.1, -0.05) is 250 Å². The third kappa shape index (κ3) is 51.6. The Bertz CT molecular complexity index is 1010. The van der Waals surface area contributed by atoms with Gasteiger partial charge in [0.2, 0.25) is 5.91 Å². The Hall–Kier alpha value is -1.66. The molecule has 0 aromatic heterocycles. The molecular weight excluding hydrogens is 803 g/mol. The summed E-state index contributed by atoms with van der Waals surface area (Å²) in [6.45, 7) is 4.94. The molecule has 3 N–H and O–H groups in total. The predicted molar refractivity (Wildman–Crippen MR) is 283 cm³/mol. The maximum absolute atomic E-state index is 12.4. The lowest BCUT2D eigenvalue weighted by molar-refractivity contribution is -0.143. The van der Waals surface area contributed by atoms with Crippen molar-refractivity contribution in [2.75, 3.05) is 13.2 Å². The molecule has 6 nitrogen and oxygen atoms in total. The molecule has 0 heterocycles. The van der Waals surface area contributed by atoms with Gasteiger partial charge in [-0.05, 0) is 77.0 Å². The average Bonchev–Trinajstić information content (AvgIpc) is 3.31. The SMILES string of the molecule is CCCCCCCC/C=C\CCCCCCCC(=O)OCCCCCCCCCCCC/C=C\CCCCCCCCCC(=O)NC(CO)C(O)CCCCCCCCCCCCCC. The topological polar surface area (TPSA) is 95.9 Å². The van der Waals surface area contributed by atoms with Crippen molar-refractivity contribution >= 4 is 11.9 Å². The Balaban J connectivity index is 3.41. The number of rotatable bonds is 54. The van der Waals surface area contributed by atoms with Crippen LogP contribution in [0.1, 0.15) is 316 Å². The van der Waals surface area contributed by atoms with Gasteiger partial charge >= 0.3 is 5.97 Å². The van der Waals surface area contributed by atoms with Crippen molar-refractivity contribution in [1.29, 1.82) is 0 Å². The summed E-state index contributed by atoms with van der Waals surface area (Å²) < 4.78 is 5.47. The lowest BCUT2D eigenvalue weighted by atomic mass is 10.0. The van der Waals surface area contributed by atoms with Crippen molar-refractivity contribution in [2.45, 2.75) is 328 Å². The lowest BCUT2D eigenvalue weighted by Gasteiger charge is -2.22. The number of carbonyl (C=O) groups excluding carboxylic acids is 2. The largest absolute Gasteiger partial charge is 0.466 e. The van der Waals surface area contributed by atoms with E-state index in [9.17, 15) is 19.8 Å². The molecule has 0 aliphatic heterocycles. The summed E-state index contributed by atoms with van der Waals surface area (Å²) in [6, 6.07) is -0.546. The lowest BCUT2D eigenvalue weighted by Crippen LogP contribution is -2.45. The number of hydrogen-bond donors (Lipinski definition) is 3. The first-order valence-corrected chi connectivity index (χ1v) is 29.1. The van der Waals surface area contributed by atoms with E-state index in [2.05, 4.69) is 43.5 Å². The van der Waals surface area contributed by atoms with Crippen LogP contribution < -0.4 is 5.32 Å². The molecule has 0 saturated heterocycles. The van der Waals surface area contributed by atoms with Crippen LogP contribution in [0.5, 0.6) is 0 Å². The monoisotopic (exact) mass is 916 g/mol. The van der Waals surface area contributed by atoms with E-state index in [0.717, 1.165) is 44.9 Å². The van der Waals surface area contributed by atoms with Crippen LogP contribution in [0.4, 0.5) is 0 Å². The van der Waals surface area contributed by atoms with E-state index >= 15 is 0 Å². The van der Waals surface area contributed by atoms with Gasteiger partial charge in [0.15, 0.2) is 0 Å². The number of aliphatic hydroxyl groups is 2. The quantitative estimate of drug-likeness (QED) is 0.0321. The number of esters is 1. The molecule has 384 valence electrons. The Labute approximate surface area is 405 Å². The molecule has 0 aromatic rings. The molecule has 0 spiro atoms. The number of allylic oxidation sites excluding steroid dienone is 4. The fraction of sp³-hybridized carbons (Fsp3) is 0.898. The van der Waals surface area contributed by atoms with Crippen molar-refractivity contribution in [2.24, 2.45) is 0 Å². The summed E-state index contributed by atoms with van der Waals surface area (Å²) in [7, 11) is 0. The highest BCUT2D eigenvalue weighted by Crippen LogP contribution is 2.17. The van der Waals surface area contributed by atoms with Gasteiger partial charge in [0.25, 0.3) is 0 Å². The summed E-state index contributed by atoms with van der Waals surface area (Å²) in [4.78, 5) is 24.5. The maximum Gasteiger partial charge on any atom is 0.305 e. The van der Waals surface area contributed by atoms with Crippen molar-refractivity contribution in [3.63, 3.8) is 0 Å². The van der Waals surface area contributed by atoms with E-state index in [1.807, 2.05) is 0 Å². The molecule has 0 radical (unpaired) electrons. The predicted octanol–water partition coefficient (Wildman–Crippen LogP) is 17.9. The zero-order valence-electron chi connectivity index (χ0n) is 43.7. The number of nitrogens with one attached hydrogen (secondary N) is 1. The van der Waals surface area contributed by atoms with Crippen LogP contribution in [0.3, 0.4) is 0 Å². The molecule has 0 fully saturated rings. The third-order valence-corrected chi connectivity index (χ3v) is 13.5. The smallest absolute Gasteiger partial charge is 0.305 e. The van der Waals surface area contributed by atoms with Crippen LogP contribution in [-0.2, 0) is 14.3 Å². The second kappa shape index (κ2) is 54.9. The number of unbranched alkanes of at least 4 members (excludes halogenated alkanes) is 39. The summed E-state index contributed by atoms with van der Waals surface area (Å²) in [6.07, 6.45) is 66.0. The normalized spacial score (nSPS) is 12.7. The third-order valence-electron chi connectivity index (χ3n) is 13.5. The molecule has 0 rings (SSSR count). The number of carbonyl (C=O) groups is 2. The Morgan fingerprint density at radius 3 is 1.09 bits per heavy atom. The van der Waals surface area contributed by atoms with Gasteiger partial charge in [-0.2, -0.15) is 0 Å². The van der Waals surface area contributed by atoms with Crippen molar-refractivity contribution in [3.05, 3.63) is 24.3 Å². The first-order chi connectivity index (χ1) is 32.0. The van der Waals surface area contributed by atoms with Gasteiger partial charge in [0.05, 0.1) is 25.4 Å². The average molecular weight is 917 g/mol. The first kappa shape index (κ1) is 63.3. The molecule has 1 amide bonds. The van der Waals surface area contributed by atoms with Crippen LogP contribution in [0, 0.1) is 0 Å². The van der Waals surface area contributed by atoms with Gasteiger partial charge in [-0.25, -0.2) is 0 Å². The minimum absolute atomic E-state index is 0.000357. The molecule has 0 aliphatic carbocycles. The van der Waals surface area contributed by atoms with Crippen LogP contribution in [0.15, 0.2) is 24.3 Å². The molecule has 2 unspecified atom stereocenters. The molecule has 0 aromatic carbocycles. The zero-order valence-corrected chi connectivity index (χ0v) is 43.7. The second-order valence-electron chi connectivity index (χ2n) is 20.0. The van der Waals surface area contributed by atoms with E-state index in [1.54, 1.807) is 0 Å². The second-order valence-corrected chi connectivity index (χ2v) is 20.0. The summed E-state index contributed by atoms with van der Waals surface area (Å²) >= 11 is 0. The Morgan fingerprint density at radius 1 is 0.415 bits per heavy atom. The molecule has 0 saturated carbocycles. The molecule has 2 atom stereocenters. The minimum Gasteiger partial charge on any atom is -0.466 e. The van der Waals surface area contributed by atoms with E-state index in [4.69, 9.17) is 4.74 Å². The van der Waals surface area contributed by atoms with Gasteiger partial charge < -0.3 is 20.3 Å². The Morgan fingerprint density at radius 2 is 0.723 bits per heavy atom. The minimum atomic E-state index is -0.668. The Kier molecular flexibility index (Phi) is 53.5. The van der Waals surface area contributed by atoms with Gasteiger partial charge in [0, 0.05) is 12.8 Å². The first-order valence-electron chi connectivity index (χ1n) is 29.1. The van der Waals surface area contributed by atoms with Crippen molar-refractivity contribution < 1.29 is 24.5 Å². The highest BCUT2D eigenvalue weighted by molar-refractivity contribution is 5.76. The van der Waals surface area contributed by atoms with E-state index in [0.29, 0.717) is 25.9 Å². The van der Waals surface area contributed by atoms with Crippen LogP contribution in [0.25, 0.3) is 0 Å². The van der Waals surface area contributed by atoms with Crippen molar-refractivity contribution in [3.8, 4) is 0 Å². The van der Waals surface area contributed by atoms with Crippen molar-refractivity contribution in [1.82, 2.24) is 5.32 Å². The summed E-state index contributed by atoms with van der Waals surface area (Å²) in [5.41, 5.74) is 0. The molecule has 65 heavy (non-hydrogen) atoms. The van der Waals surface area contributed by atoms with Crippen LogP contribution >= 0.6 is 0 Å². The number of hydrogen-bond acceptors (Lipinski definition) is 5. The zero-order chi connectivity index (χ0) is 47.2. The molecular formula is C59H113NO5. The van der Waals surface area contributed by atoms with Gasteiger partial charge in [-0.3, -0.25) is 9.59 Å². The summed E-state index contributed by atoms with van der Waals surface area (Å²) in [5.74, 6) is -0.0425. The fourth-order valence-corrected chi connectivity index (χ4v) is 8.98. The number of aliphatic hydroxyl groups excluding tert-OH is 2.